The van der Waals surface area contributed by atoms with E-state index in [0.29, 0.717) is 22.6 Å². The Morgan fingerprint density at radius 1 is 1.03 bits per heavy atom. The van der Waals surface area contributed by atoms with E-state index in [-0.39, 0.29) is 5.91 Å². The summed E-state index contributed by atoms with van der Waals surface area (Å²) >= 11 is 0. The van der Waals surface area contributed by atoms with E-state index >= 15 is 0 Å². The number of aromatic nitrogens is 3. The number of carbonyl (C=O) groups is 1. The number of carbonyl (C=O) groups excluding carboxylic acids is 1. The summed E-state index contributed by atoms with van der Waals surface area (Å²) in [6.07, 6.45) is -1.89. The van der Waals surface area contributed by atoms with Gasteiger partial charge in [-0.1, -0.05) is 42.5 Å². The summed E-state index contributed by atoms with van der Waals surface area (Å²) in [6, 6.07) is 19.9. The third-order valence-electron chi connectivity index (χ3n) is 4.83. The normalized spacial score (nSPS) is 13.2. The van der Waals surface area contributed by atoms with Crippen molar-refractivity contribution >= 4 is 17.4 Å². The summed E-state index contributed by atoms with van der Waals surface area (Å²) in [6.45, 7) is 3.40. The fourth-order valence-corrected chi connectivity index (χ4v) is 3.27. The number of nitrogens with zero attached hydrogens (tertiary/aromatic N) is 3. The molecule has 4 rings (SSSR count). The smallest absolute Gasteiger partial charge is 0.256 e. The van der Waals surface area contributed by atoms with E-state index in [1.165, 1.54) is 6.92 Å². The molecule has 2 atom stereocenters. The molecule has 1 amide bonds. The van der Waals surface area contributed by atoms with Crippen molar-refractivity contribution in [3.63, 3.8) is 0 Å². The number of hydrogen-bond donors (Lipinski definition) is 3. The van der Waals surface area contributed by atoms with Gasteiger partial charge in [0.2, 0.25) is 0 Å². The Hall–Kier alpha value is -3.55. The number of aliphatic hydroxyl groups excluding tert-OH is 2. The maximum absolute atomic E-state index is 12.7. The molecular weight excluding hydrogens is 380 g/mol. The molecule has 3 N–H and O–H groups in total. The van der Waals surface area contributed by atoms with Crippen molar-refractivity contribution in [3.8, 4) is 11.3 Å². The Morgan fingerprint density at radius 2 is 1.73 bits per heavy atom. The molecule has 2 aromatic carbocycles. The lowest BCUT2D eigenvalue weighted by atomic mass is 10.0. The van der Waals surface area contributed by atoms with Gasteiger partial charge in [0.1, 0.15) is 11.9 Å². The molecule has 30 heavy (non-hydrogen) atoms. The van der Waals surface area contributed by atoms with Crippen molar-refractivity contribution in [2.45, 2.75) is 26.1 Å². The lowest BCUT2D eigenvalue weighted by Crippen LogP contribution is -2.16. The molecule has 152 valence electrons. The number of anilines is 1. The van der Waals surface area contributed by atoms with Gasteiger partial charge < -0.3 is 15.5 Å². The van der Waals surface area contributed by atoms with Gasteiger partial charge in [-0.05, 0) is 31.5 Å². The standard InChI is InChI=1S/C23H22N4O3/c1-14-12-21-24-20(13-19(27(21)26-14)16-6-4-3-5-7-16)25-23(30)18-10-8-17(9-11-18)22(29)15(2)28/h3-13,15,22,28-29H,1-2H3,(H,24,25,30). The van der Waals surface area contributed by atoms with E-state index in [9.17, 15) is 15.0 Å². The summed E-state index contributed by atoms with van der Waals surface area (Å²) in [7, 11) is 0. The summed E-state index contributed by atoms with van der Waals surface area (Å²) in [5.41, 5.74) is 4.21. The number of amides is 1. The van der Waals surface area contributed by atoms with Crippen molar-refractivity contribution in [3.05, 3.63) is 83.6 Å². The number of rotatable bonds is 5. The second-order valence-corrected chi connectivity index (χ2v) is 7.21. The summed E-state index contributed by atoms with van der Waals surface area (Å²) in [4.78, 5) is 17.2. The number of benzene rings is 2. The fraction of sp³-hybridized carbons (Fsp3) is 0.174. The number of fused-ring (bicyclic) bond motifs is 1. The van der Waals surface area contributed by atoms with Gasteiger partial charge in [-0.2, -0.15) is 5.10 Å². The average Bonchev–Trinajstić information content (AvgIpc) is 3.13. The van der Waals surface area contributed by atoms with Crippen LogP contribution in [-0.4, -0.2) is 36.8 Å². The van der Waals surface area contributed by atoms with Crippen LogP contribution in [0.1, 0.15) is 34.6 Å². The molecule has 7 heteroatoms. The highest BCUT2D eigenvalue weighted by Gasteiger charge is 2.16. The molecule has 0 bridgehead atoms. The van der Waals surface area contributed by atoms with Crippen molar-refractivity contribution in [2.24, 2.45) is 0 Å². The van der Waals surface area contributed by atoms with E-state index in [2.05, 4.69) is 15.4 Å². The van der Waals surface area contributed by atoms with Crippen LogP contribution in [0.15, 0.2) is 66.7 Å². The highest BCUT2D eigenvalue weighted by molar-refractivity contribution is 6.04. The minimum absolute atomic E-state index is 0.319. The second kappa shape index (κ2) is 8.06. The molecular formula is C23H22N4O3. The van der Waals surface area contributed by atoms with E-state index < -0.39 is 12.2 Å². The zero-order valence-corrected chi connectivity index (χ0v) is 16.6. The van der Waals surface area contributed by atoms with Crippen molar-refractivity contribution in [1.29, 1.82) is 0 Å². The Kier molecular flexibility index (Phi) is 5.31. The number of aryl methyl sites for hydroxylation is 1. The van der Waals surface area contributed by atoms with Crippen LogP contribution in [0.5, 0.6) is 0 Å². The van der Waals surface area contributed by atoms with Crippen LogP contribution in [0.4, 0.5) is 5.82 Å². The van der Waals surface area contributed by atoms with Crippen LogP contribution in [0, 0.1) is 6.92 Å². The van der Waals surface area contributed by atoms with Gasteiger partial charge in [-0.15, -0.1) is 0 Å². The van der Waals surface area contributed by atoms with Gasteiger partial charge in [0.05, 0.1) is 17.5 Å². The monoisotopic (exact) mass is 402 g/mol. The largest absolute Gasteiger partial charge is 0.390 e. The molecule has 0 saturated carbocycles. The van der Waals surface area contributed by atoms with Crippen LogP contribution >= 0.6 is 0 Å². The zero-order chi connectivity index (χ0) is 21.3. The highest BCUT2D eigenvalue weighted by atomic mass is 16.3. The predicted molar refractivity (Wildman–Crippen MR) is 114 cm³/mol. The molecule has 0 fully saturated rings. The first kappa shape index (κ1) is 19.8. The Balaban J connectivity index is 1.65. The van der Waals surface area contributed by atoms with E-state index in [1.807, 2.05) is 43.3 Å². The number of nitrogens with one attached hydrogen (secondary N) is 1. The molecule has 0 spiro atoms. The van der Waals surface area contributed by atoms with Gasteiger partial charge in [-0.25, -0.2) is 9.50 Å². The zero-order valence-electron chi connectivity index (χ0n) is 16.6. The second-order valence-electron chi connectivity index (χ2n) is 7.21. The van der Waals surface area contributed by atoms with Crippen LogP contribution in [0.3, 0.4) is 0 Å². The molecule has 0 aliphatic heterocycles. The van der Waals surface area contributed by atoms with Crippen LogP contribution in [-0.2, 0) is 0 Å². The van der Waals surface area contributed by atoms with Crippen LogP contribution in [0.2, 0.25) is 0 Å². The Labute approximate surface area is 173 Å². The maximum atomic E-state index is 12.7. The third kappa shape index (κ3) is 3.94. The number of aliphatic hydroxyl groups is 2. The van der Waals surface area contributed by atoms with E-state index in [4.69, 9.17) is 0 Å². The Morgan fingerprint density at radius 3 is 2.40 bits per heavy atom. The first-order chi connectivity index (χ1) is 14.4. The molecule has 2 aromatic heterocycles. The molecule has 7 nitrogen and oxygen atoms in total. The lowest BCUT2D eigenvalue weighted by molar-refractivity contribution is 0.0305. The fourth-order valence-electron chi connectivity index (χ4n) is 3.27. The summed E-state index contributed by atoms with van der Waals surface area (Å²) in [5.74, 6) is 0.0968. The quantitative estimate of drug-likeness (QED) is 0.475. The minimum atomic E-state index is -0.996. The Bertz CT molecular complexity index is 1180. The third-order valence-corrected chi connectivity index (χ3v) is 4.83. The predicted octanol–water partition coefficient (Wildman–Crippen LogP) is 3.37. The highest BCUT2D eigenvalue weighted by Crippen LogP contribution is 2.24. The van der Waals surface area contributed by atoms with Gasteiger partial charge in [-0.3, -0.25) is 4.79 Å². The molecule has 0 aliphatic rings. The molecule has 4 aromatic rings. The number of hydrogen-bond acceptors (Lipinski definition) is 5. The molecule has 2 unspecified atom stereocenters. The molecule has 0 aliphatic carbocycles. The molecule has 0 radical (unpaired) electrons. The van der Waals surface area contributed by atoms with Crippen LogP contribution < -0.4 is 5.32 Å². The van der Waals surface area contributed by atoms with Gasteiger partial charge in [0.25, 0.3) is 5.91 Å². The minimum Gasteiger partial charge on any atom is -0.390 e. The average molecular weight is 402 g/mol. The molecule has 2 heterocycles. The first-order valence-corrected chi connectivity index (χ1v) is 9.62. The molecule has 0 saturated heterocycles. The van der Waals surface area contributed by atoms with Gasteiger partial charge in [0, 0.05) is 23.3 Å². The maximum Gasteiger partial charge on any atom is 0.256 e. The topological polar surface area (TPSA) is 99.8 Å². The van der Waals surface area contributed by atoms with Gasteiger partial charge >= 0.3 is 0 Å². The lowest BCUT2D eigenvalue weighted by Gasteiger charge is -2.14. The van der Waals surface area contributed by atoms with Crippen molar-refractivity contribution in [2.75, 3.05) is 5.32 Å². The van der Waals surface area contributed by atoms with Crippen LogP contribution in [0.25, 0.3) is 16.9 Å². The summed E-state index contributed by atoms with van der Waals surface area (Å²) < 4.78 is 1.76. The van der Waals surface area contributed by atoms with Crippen molar-refractivity contribution in [1.82, 2.24) is 14.6 Å². The van der Waals surface area contributed by atoms with E-state index in [1.54, 1.807) is 34.8 Å². The van der Waals surface area contributed by atoms with Crippen molar-refractivity contribution < 1.29 is 15.0 Å². The van der Waals surface area contributed by atoms with Gasteiger partial charge in [0.15, 0.2) is 5.65 Å². The summed E-state index contributed by atoms with van der Waals surface area (Å²) in [5, 5.41) is 26.8. The SMILES string of the molecule is Cc1cc2nc(NC(=O)c3ccc(C(O)C(C)O)cc3)cc(-c3ccccc3)n2n1. The first-order valence-electron chi connectivity index (χ1n) is 9.62. The van der Waals surface area contributed by atoms with E-state index in [0.717, 1.165) is 17.0 Å².